The largest absolute Gasteiger partial charge is 0.496 e. The van der Waals surface area contributed by atoms with Gasteiger partial charge in [-0.05, 0) is 18.6 Å². The fourth-order valence-corrected chi connectivity index (χ4v) is 1.70. The zero-order valence-electron chi connectivity index (χ0n) is 7.60. The summed E-state index contributed by atoms with van der Waals surface area (Å²) in [6.07, 6.45) is 0.367. The summed E-state index contributed by atoms with van der Waals surface area (Å²) in [7, 11) is 1.62. The van der Waals surface area contributed by atoms with E-state index in [1.54, 1.807) is 7.11 Å². The maximum Gasteiger partial charge on any atom is 0.127 e. The molecule has 0 unspecified atom stereocenters. The van der Waals surface area contributed by atoms with Crippen LogP contribution in [-0.4, -0.2) is 7.11 Å². The van der Waals surface area contributed by atoms with Gasteiger partial charge in [-0.15, -0.1) is 0 Å². The van der Waals surface area contributed by atoms with Gasteiger partial charge < -0.3 is 4.74 Å². The molecule has 0 radical (unpaired) electrons. The molecule has 1 aromatic carbocycles. The highest BCUT2D eigenvalue weighted by atomic mass is 79.9. The molecule has 0 N–H and O–H groups in total. The Balaban J connectivity index is 3.27. The number of nitrogens with zero attached hydrogens (tertiary/aromatic N) is 1. The van der Waals surface area contributed by atoms with Gasteiger partial charge in [0.05, 0.1) is 19.6 Å². The lowest BCUT2D eigenvalue weighted by molar-refractivity contribution is 0.407. The highest BCUT2D eigenvalue weighted by Gasteiger charge is 2.09. The van der Waals surface area contributed by atoms with Crippen LogP contribution in [0.4, 0.5) is 0 Å². The summed E-state index contributed by atoms with van der Waals surface area (Å²) in [5, 5.41) is 8.63. The van der Waals surface area contributed by atoms with E-state index in [4.69, 9.17) is 10.00 Å². The monoisotopic (exact) mass is 239 g/mol. The summed E-state index contributed by atoms with van der Waals surface area (Å²) in [6, 6.07) is 6.01. The standard InChI is InChI=1S/C10H10BrNO/c1-7-3-4-9(11)8(5-6-12)10(7)13-2/h3-4H,5H2,1-2H3. The molecule has 0 aromatic heterocycles. The van der Waals surface area contributed by atoms with Crippen LogP contribution in [0.1, 0.15) is 11.1 Å². The third kappa shape index (κ3) is 2.02. The molecule has 0 saturated heterocycles. The molecular weight excluding hydrogens is 230 g/mol. The van der Waals surface area contributed by atoms with Crippen LogP contribution in [0.3, 0.4) is 0 Å². The van der Waals surface area contributed by atoms with Gasteiger partial charge in [-0.1, -0.05) is 22.0 Å². The number of rotatable bonds is 2. The first-order chi connectivity index (χ1) is 6.20. The Labute approximate surface area is 86.3 Å². The van der Waals surface area contributed by atoms with Crippen molar-refractivity contribution < 1.29 is 4.74 Å². The second-order valence-electron chi connectivity index (χ2n) is 2.71. The molecule has 0 amide bonds. The van der Waals surface area contributed by atoms with E-state index in [0.717, 1.165) is 21.3 Å². The number of hydrogen-bond acceptors (Lipinski definition) is 2. The zero-order chi connectivity index (χ0) is 9.84. The van der Waals surface area contributed by atoms with Gasteiger partial charge >= 0.3 is 0 Å². The van der Waals surface area contributed by atoms with Crippen LogP contribution in [0.25, 0.3) is 0 Å². The number of halogens is 1. The Kier molecular flexibility index (Phi) is 3.32. The Morgan fingerprint density at radius 1 is 1.54 bits per heavy atom. The van der Waals surface area contributed by atoms with Crippen molar-refractivity contribution in [3.05, 3.63) is 27.7 Å². The molecule has 0 aliphatic rings. The average molecular weight is 240 g/mol. The van der Waals surface area contributed by atoms with Crippen LogP contribution in [0.2, 0.25) is 0 Å². The van der Waals surface area contributed by atoms with Gasteiger partial charge in [0.25, 0.3) is 0 Å². The number of benzene rings is 1. The molecule has 3 heteroatoms. The van der Waals surface area contributed by atoms with Crippen LogP contribution in [-0.2, 0) is 6.42 Å². The molecule has 0 saturated carbocycles. The summed E-state index contributed by atoms with van der Waals surface area (Å²) in [6.45, 7) is 1.96. The Hall–Kier alpha value is -1.01. The SMILES string of the molecule is COc1c(C)ccc(Br)c1CC#N. The molecule has 0 aliphatic carbocycles. The zero-order valence-corrected chi connectivity index (χ0v) is 9.18. The van der Waals surface area contributed by atoms with E-state index in [2.05, 4.69) is 22.0 Å². The van der Waals surface area contributed by atoms with Crippen LogP contribution >= 0.6 is 15.9 Å². The van der Waals surface area contributed by atoms with Gasteiger partial charge in [0.1, 0.15) is 5.75 Å². The topological polar surface area (TPSA) is 33.0 Å². The number of aryl methyl sites for hydroxylation is 1. The van der Waals surface area contributed by atoms with E-state index in [9.17, 15) is 0 Å². The van der Waals surface area contributed by atoms with Crippen LogP contribution < -0.4 is 4.74 Å². The average Bonchev–Trinajstić information content (AvgIpc) is 2.12. The van der Waals surface area contributed by atoms with Gasteiger partial charge in [-0.3, -0.25) is 0 Å². The summed E-state index contributed by atoms with van der Waals surface area (Å²) in [4.78, 5) is 0. The van der Waals surface area contributed by atoms with Crippen molar-refractivity contribution in [2.75, 3.05) is 7.11 Å². The normalized spacial score (nSPS) is 9.38. The molecule has 1 rings (SSSR count). The van der Waals surface area contributed by atoms with Crippen molar-refractivity contribution in [2.24, 2.45) is 0 Å². The van der Waals surface area contributed by atoms with Crippen molar-refractivity contribution in [1.82, 2.24) is 0 Å². The minimum atomic E-state index is 0.367. The van der Waals surface area contributed by atoms with E-state index in [-0.39, 0.29) is 0 Å². The van der Waals surface area contributed by atoms with E-state index in [1.807, 2.05) is 19.1 Å². The number of ether oxygens (including phenoxy) is 1. The lowest BCUT2D eigenvalue weighted by Gasteiger charge is -2.10. The summed E-state index contributed by atoms with van der Waals surface area (Å²) >= 11 is 3.39. The molecule has 68 valence electrons. The van der Waals surface area contributed by atoms with Gasteiger partial charge in [0.15, 0.2) is 0 Å². The maximum atomic E-state index is 8.63. The summed E-state index contributed by atoms with van der Waals surface area (Å²) in [5.74, 6) is 0.802. The van der Waals surface area contributed by atoms with Gasteiger partial charge in [0, 0.05) is 10.0 Å². The number of methoxy groups -OCH3 is 1. The second kappa shape index (κ2) is 4.29. The molecule has 2 nitrogen and oxygen atoms in total. The van der Waals surface area contributed by atoms with Crippen molar-refractivity contribution in [1.29, 1.82) is 5.26 Å². The third-order valence-corrected chi connectivity index (χ3v) is 2.60. The molecule has 0 atom stereocenters. The van der Waals surface area contributed by atoms with Crippen LogP contribution in [0.15, 0.2) is 16.6 Å². The second-order valence-corrected chi connectivity index (χ2v) is 3.57. The highest BCUT2D eigenvalue weighted by Crippen LogP contribution is 2.30. The van der Waals surface area contributed by atoms with Crippen molar-refractivity contribution >= 4 is 15.9 Å². The van der Waals surface area contributed by atoms with Gasteiger partial charge in [0.2, 0.25) is 0 Å². The first kappa shape index (κ1) is 10.1. The minimum Gasteiger partial charge on any atom is -0.496 e. The van der Waals surface area contributed by atoms with Crippen molar-refractivity contribution in [3.8, 4) is 11.8 Å². The number of nitriles is 1. The Morgan fingerprint density at radius 3 is 2.77 bits per heavy atom. The van der Waals surface area contributed by atoms with Crippen LogP contribution in [0, 0.1) is 18.3 Å². The predicted molar refractivity (Wildman–Crippen MR) is 54.7 cm³/mol. The quantitative estimate of drug-likeness (QED) is 0.796. The molecule has 1 aromatic rings. The molecule has 0 aliphatic heterocycles. The lowest BCUT2D eigenvalue weighted by Crippen LogP contribution is -1.95. The molecular formula is C10H10BrNO. The van der Waals surface area contributed by atoms with Crippen LogP contribution in [0.5, 0.6) is 5.75 Å². The van der Waals surface area contributed by atoms with Gasteiger partial charge in [-0.2, -0.15) is 5.26 Å². The van der Waals surface area contributed by atoms with Crippen molar-refractivity contribution in [2.45, 2.75) is 13.3 Å². The molecule has 0 heterocycles. The Bertz CT molecular complexity index is 355. The fraction of sp³-hybridized carbons (Fsp3) is 0.300. The van der Waals surface area contributed by atoms with E-state index in [0.29, 0.717) is 6.42 Å². The summed E-state index contributed by atoms with van der Waals surface area (Å²) in [5.41, 5.74) is 1.97. The summed E-state index contributed by atoms with van der Waals surface area (Å²) < 4.78 is 6.16. The van der Waals surface area contributed by atoms with Gasteiger partial charge in [-0.25, -0.2) is 0 Å². The van der Waals surface area contributed by atoms with Crippen molar-refractivity contribution in [3.63, 3.8) is 0 Å². The lowest BCUT2D eigenvalue weighted by atomic mass is 10.1. The maximum absolute atomic E-state index is 8.63. The smallest absolute Gasteiger partial charge is 0.127 e. The molecule has 0 spiro atoms. The highest BCUT2D eigenvalue weighted by molar-refractivity contribution is 9.10. The predicted octanol–water partition coefficient (Wildman–Crippen LogP) is 2.83. The Morgan fingerprint density at radius 2 is 2.23 bits per heavy atom. The van der Waals surface area contributed by atoms with E-state index in [1.165, 1.54) is 0 Å². The van der Waals surface area contributed by atoms with E-state index < -0.39 is 0 Å². The molecule has 0 fully saturated rings. The first-order valence-corrected chi connectivity index (χ1v) is 4.69. The molecule has 0 bridgehead atoms. The minimum absolute atomic E-state index is 0.367. The first-order valence-electron chi connectivity index (χ1n) is 3.89. The third-order valence-electron chi connectivity index (χ3n) is 1.86. The molecule has 13 heavy (non-hydrogen) atoms. The number of hydrogen-bond donors (Lipinski definition) is 0. The van der Waals surface area contributed by atoms with E-state index >= 15 is 0 Å². The fourth-order valence-electron chi connectivity index (χ4n) is 1.25.